The number of nitrogens with one attached hydrogen (secondary N) is 1. The number of hydrogen-bond donors (Lipinski definition) is 1. The number of fused-ring (bicyclic) bond motifs is 1. The lowest BCUT2D eigenvalue weighted by molar-refractivity contribution is 0.630. The summed E-state index contributed by atoms with van der Waals surface area (Å²) < 4.78 is 12.8. The topological polar surface area (TPSA) is 64.6 Å². The van der Waals surface area contributed by atoms with E-state index in [0.29, 0.717) is 11.1 Å². The Balaban J connectivity index is 2.78. The summed E-state index contributed by atoms with van der Waals surface area (Å²) in [7, 11) is 0. The third-order valence-electron chi connectivity index (χ3n) is 1.77. The summed E-state index contributed by atoms with van der Waals surface area (Å²) in [6.45, 7) is 0. The van der Waals surface area contributed by atoms with Gasteiger partial charge in [0.15, 0.2) is 0 Å². The van der Waals surface area contributed by atoms with Crippen LogP contribution in [0.15, 0.2) is 29.5 Å². The molecule has 0 aliphatic rings. The zero-order valence-corrected chi connectivity index (χ0v) is 6.53. The van der Waals surface area contributed by atoms with Crippen molar-refractivity contribution in [1.82, 2.24) is 4.98 Å². The van der Waals surface area contributed by atoms with Gasteiger partial charge in [0, 0.05) is 22.0 Å². The SMILES string of the molecule is [N-]=[N+]=Nc1c[nH]c2ccc(F)cc12. The van der Waals surface area contributed by atoms with E-state index in [2.05, 4.69) is 15.0 Å². The monoisotopic (exact) mass is 176 g/mol. The fourth-order valence-corrected chi connectivity index (χ4v) is 1.21. The molecule has 1 aromatic heterocycles. The summed E-state index contributed by atoms with van der Waals surface area (Å²) in [6.07, 6.45) is 1.55. The first-order chi connectivity index (χ1) is 6.31. The fourth-order valence-electron chi connectivity index (χ4n) is 1.21. The highest BCUT2D eigenvalue weighted by atomic mass is 19.1. The highest BCUT2D eigenvalue weighted by Gasteiger charge is 2.01. The number of halogens is 1. The number of H-pyrrole nitrogens is 1. The van der Waals surface area contributed by atoms with Crippen molar-refractivity contribution in [3.8, 4) is 0 Å². The summed E-state index contributed by atoms with van der Waals surface area (Å²) in [5.41, 5.74) is 9.38. The van der Waals surface area contributed by atoms with Crippen molar-refractivity contribution in [2.24, 2.45) is 5.11 Å². The minimum absolute atomic E-state index is 0.346. The van der Waals surface area contributed by atoms with Crippen LogP contribution in [0.3, 0.4) is 0 Å². The van der Waals surface area contributed by atoms with E-state index in [1.165, 1.54) is 12.1 Å². The van der Waals surface area contributed by atoms with Gasteiger partial charge in [-0.2, -0.15) is 0 Å². The van der Waals surface area contributed by atoms with Crippen LogP contribution < -0.4 is 0 Å². The van der Waals surface area contributed by atoms with Crippen molar-refractivity contribution in [2.75, 3.05) is 0 Å². The Morgan fingerprint density at radius 2 is 2.31 bits per heavy atom. The molecule has 0 fully saturated rings. The standard InChI is InChI=1S/C8H5FN4/c9-5-1-2-7-6(3-5)8(4-11-7)12-13-10/h1-4,11H. The van der Waals surface area contributed by atoms with Crippen LogP contribution in [-0.4, -0.2) is 4.98 Å². The van der Waals surface area contributed by atoms with Crippen molar-refractivity contribution in [2.45, 2.75) is 0 Å². The molecule has 1 aromatic carbocycles. The molecular weight excluding hydrogens is 171 g/mol. The molecule has 2 rings (SSSR count). The maximum Gasteiger partial charge on any atom is 0.123 e. The third-order valence-corrected chi connectivity index (χ3v) is 1.77. The smallest absolute Gasteiger partial charge is 0.123 e. The first-order valence-corrected chi connectivity index (χ1v) is 3.63. The number of benzene rings is 1. The van der Waals surface area contributed by atoms with Gasteiger partial charge in [0.1, 0.15) is 5.82 Å². The Bertz CT molecular complexity index is 496. The number of aromatic amines is 1. The molecular formula is C8H5FN4. The summed E-state index contributed by atoms with van der Waals surface area (Å²) in [5.74, 6) is -0.346. The molecule has 4 nitrogen and oxygen atoms in total. The maximum absolute atomic E-state index is 12.8. The van der Waals surface area contributed by atoms with E-state index < -0.39 is 0 Å². The number of rotatable bonds is 1. The average molecular weight is 176 g/mol. The van der Waals surface area contributed by atoms with E-state index in [4.69, 9.17) is 5.53 Å². The Hall–Kier alpha value is -2.00. The molecule has 0 amide bonds. The van der Waals surface area contributed by atoms with Crippen LogP contribution in [0.2, 0.25) is 0 Å². The molecule has 64 valence electrons. The lowest BCUT2D eigenvalue weighted by Gasteiger charge is -1.90. The molecule has 0 atom stereocenters. The minimum Gasteiger partial charge on any atom is -0.361 e. The molecule has 0 radical (unpaired) electrons. The molecule has 13 heavy (non-hydrogen) atoms. The van der Waals surface area contributed by atoms with E-state index in [-0.39, 0.29) is 5.82 Å². The summed E-state index contributed by atoms with van der Waals surface area (Å²) >= 11 is 0. The Morgan fingerprint density at radius 3 is 3.08 bits per heavy atom. The normalized spacial score (nSPS) is 9.92. The molecule has 0 spiro atoms. The zero-order valence-electron chi connectivity index (χ0n) is 6.53. The molecule has 2 aromatic rings. The average Bonchev–Trinajstić information content (AvgIpc) is 2.49. The first kappa shape index (κ1) is 7.64. The van der Waals surface area contributed by atoms with Crippen LogP contribution in [-0.2, 0) is 0 Å². The van der Waals surface area contributed by atoms with Crippen LogP contribution in [0.25, 0.3) is 21.3 Å². The number of hydrogen-bond acceptors (Lipinski definition) is 1. The molecule has 1 N–H and O–H groups in total. The van der Waals surface area contributed by atoms with Crippen molar-refractivity contribution < 1.29 is 4.39 Å². The van der Waals surface area contributed by atoms with Crippen LogP contribution in [0.5, 0.6) is 0 Å². The molecule has 0 aliphatic heterocycles. The summed E-state index contributed by atoms with van der Waals surface area (Å²) in [4.78, 5) is 5.51. The van der Waals surface area contributed by atoms with E-state index in [9.17, 15) is 4.39 Å². The molecule has 0 bridgehead atoms. The molecule has 5 heteroatoms. The van der Waals surface area contributed by atoms with Gasteiger partial charge < -0.3 is 4.98 Å². The Labute approximate surface area is 72.6 Å². The van der Waals surface area contributed by atoms with Crippen LogP contribution in [0.4, 0.5) is 10.1 Å². The van der Waals surface area contributed by atoms with Gasteiger partial charge in [-0.25, -0.2) is 4.39 Å². The van der Waals surface area contributed by atoms with E-state index >= 15 is 0 Å². The molecule has 1 heterocycles. The highest BCUT2D eigenvalue weighted by Crippen LogP contribution is 2.26. The first-order valence-electron chi connectivity index (χ1n) is 3.63. The maximum atomic E-state index is 12.8. The van der Waals surface area contributed by atoms with E-state index in [1.807, 2.05) is 0 Å². The van der Waals surface area contributed by atoms with Crippen LogP contribution in [0.1, 0.15) is 0 Å². The van der Waals surface area contributed by atoms with Crippen molar-refractivity contribution >= 4 is 16.6 Å². The second-order valence-electron chi connectivity index (χ2n) is 2.55. The quantitative estimate of drug-likeness (QED) is 0.393. The molecule has 0 saturated carbocycles. The second kappa shape index (κ2) is 2.80. The predicted octanol–water partition coefficient (Wildman–Crippen LogP) is 3.25. The van der Waals surface area contributed by atoms with E-state index in [1.54, 1.807) is 12.3 Å². The molecule has 0 aliphatic carbocycles. The van der Waals surface area contributed by atoms with Gasteiger partial charge in [0.05, 0.1) is 5.69 Å². The van der Waals surface area contributed by atoms with E-state index in [0.717, 1.165) is 5.52 Å². The van der Waals surface area contributed by atoms with Crippen LogP contribution in [0, 0.1) is 5.82 Å². The lowest BCUT2D eigenvalue weighted by atomic mass is 10.2. The third kappa shape index (κ3) is 1.21. The van der Waals surface area contributed by atoms with Crippen LogP contribution >= 0.6 is 0 Å². The Morgan fingerprint density at radius 1 is 1.46 bits per heavy atom. The van der Waals surface area contributed by atoms with Crippen molar-refractivity contribution in [3.05, 3.63) is 40.7 Å². The predicted molar refractivity (Wildman–Crippen MR) is 47.1 cm³/mol. The lowest BCUT2D eigenvalue weighted by Crippen LogP contribution is -1.71. The Kier molecular flexibility index (Phi) is 1.65. The van der Waals surface area contributed by atoms with Gasteiger partial charge in [-0.15, -0.1) is 0 Å². The fraction of sp³-hybridized carbons (Fsp3) is 0. The number of azide groups is 1. The van der Waals surface area contributed by atoms with Crippen molar-refractivity contribution in [1.29, 1.82) is 0 Å². The van der Waals surface area contributed by atoms with Gasteiger partial charge >= 0.3 is 0 Å². The zero-order chi connectivity index (χ0) is 9.26. The van der Waals surface area contributed by atoms with Gasteiger partial charge in [0.2, 0.25) is 0 Å². The molecule has 0 saturated heterocycles. The summed E-state index contributed by atoms with van der Waals surface area (Å²) in [5, 5.41) is 4.01. The highest BCUT2D eigenvalue weighted by molar-refractivity contribution is 5.90. The van der Waals surface area contributed by atoms with Gasteiger partial charge in [-0.05, 0) is 23.7 Å². The van der Waals surface area contributed by atoms with Gasteiger partial charge in [0.25, 0.3) is 0 Å². The number of aromatic nitrogens is 1. The van der Waals surface area contributed by atoms with Crippen molar-refractivity contribution in [3.63, 3.8) is 0 Å². The minimum atomic E-state index is -0.346. The molecule has 0 unspecified atom stereocenters. The van der Waals surface area contributed by atoms with Gasteiger partial charge in [-0.3, -0.25) is 0 Å². The second-order valence-corrected chi connectivity index (χ2v) is 2.55. The summed E-state index contributed by atoms with van der Waals surface area (Å²) in [6, 6.07) is 4.27. The number of nitrogens with zero attached hydrogens (tertiary/aromatic N) is 3. The van der Waals surface area contributed by atoms with Gasteiger partial charge in [-0.1, -0.05) is 5.11 Å². The largest absolute Gasteiger partial charge is 0.361 e.